The maximum Gasteiger partial charge on any atom is 0.254 e. The van der Waals surface area contributed by atoms with Gasteiger partial charge in [0.05, 0.1) is 13.2 Å². The standard InChI is InChI=1S/C26H26Cl2N2O3S/c1-3-10-29(26(32)18-13-19(27)15-20(28)14-18)16-24(31)30-11-8-23-22(9-12-34-23)25(30)17-4-6-21(33-2)7-5-17/h4-7,9,12-15,25H,3,8,10-11,16H2,1-2H3. The minimum Gasteiger partial charge on any atom is -0.497 e. The highest BCUT2D eigenvalue weighted by Crippen LogP contribution is 2.38. The highest BCUT2D eigenvalue weighted by Gasteiger charge is 2.34. The third-order valence-corrected chi connectivity index (χ3v) is 7.37. The second-order valence-corrected chi connectivity index (χ2v) is 10.1. The summed E-state index contributed by atoms with van der Waals surface area (Å²) in [5.74, 6) is 0.421. The van der Waals surface area contributed by atoms with E-state index in [1.165, 1.54) is 4.88 Å². The molecule has 2 heterocycles. The molecule has 1 aromatic heterocycles. The molecule has 0 fully saturated rings. The van der Waals surface area contributed by atoms with E-state index in [4.69, 9.17) is 27.9 Å². The summed E-state index contributed by atoms with van der Waals surface area (Å²) < 4.78 is 5.31. The van der Waals surface area contributed by atoms with Crippen LogP contribution in [0.15, 0.2) is 53.9 Å². The number of carbonyl (C=O) groups is 2. The number of thiophene rings is 1. The second kappa shape index (κ2) is 10.8. The quantitative estimate of drug-likeness (QED) is 0.381. The van der Waals surface area contributed by atoms with Crippen LogP contribution in [0.1, 0.15) is 45.7 Å². The Kier molecular flexibility index (Phi) is 7.81. The predicted molar refractivity (Wildman–Crippen MR) is 137 cm³/mol. The first-order chi connectivity index (χ1) is 16.4. The minimum atomic E-state index is -0.256. The molecule has 0 N–H and O–H groups in total. The van der Waals surface area contributed by atoms with Gasteiger partial charge in [0.2, 0.25) is 5.91 Å². The molecule has 1 atom stereocenters. The van der Waals surface area contributed by atoms with Gasteiger partial charge in [-0.2, -0.15) is 0 Å². The summed E-state index contributed by atoms with van der Waals surface area (Å²) >= 11 is 13.9. The Labute approximate surface area is 213 Å². The summed E-state index contributed by atoms with van der Waals surface area (Å²) in [6.45, 7) is 3.02. The number of hydrogen-bond donors (Lipinski definition) is 0. The van der Waals surface area contributed by atoms with E-state index in [0.29, 0.717) is 28.7 Å². The van der Waals surface area contributed by atoms with Crippen molar-refractivity contribution in [2.75, 3.05) is 26.7 Å². The Morgan fingerprint density at radius 1 is 1.12 bits per heavy atom. The lowest BCUT2D eigenvalue weighted by molar-refractivity contribution is -0.134. The highest BCUT2D eigenvalue weighted by molar-refractivity contribution is 7.10. The number of methoxy groups -OCH3 is 1. The molecule has 0 aliphatic carbocycles. The van der Waals surface area contributed by atoms with E-state index in [-0.39, 0.29) is 24.4 Å². The normalized spacial score (nSPS) is 15.1. The van der Waals surface area contributed by atoms with Gasteiger partial charge in [0.25, 0.3) is 5.91 Å². The molecule has 1 aliphatic heterocycles. The molecule has 8 heteroatoms. The fourth-order valence-corrected chi connectivity index (χ4v) is 5.80. The largest absolute Gasteiger partial charge is 0.497 e. The SMILES string of the molecule is CCCN(CC(=O)N1CCc2sccc2C1c1ccc(OC)cc1)C(=O)c1cc(Cl)cc(Cl)c1. The van der Waals surface area contributed by atoms with Gasteiger partial charge in [0.1, 0.15) is 12.3 Å². The Morgan fingerprint density at radius 2 is 1.82 bits per heavy atom. The Hall–Kier alpha value is -2.54. The molecule has 1 unspecified atom stereocenters. The van der Waals surface area contributed by atoms with Crippen LogP contribution < -0.4 is 4.74 Å². The van der Waals surface area contributed by atoms with Crippen molar-refractivity contribution < 1.29 is 14.3 Å². The molecule has 178 valence electrons. The number of rotatable bonds is 7. The molecule has 4 rings (SSSR count). The van der Waals surface area contributed by atoms with Crippen molar-refractivity contribution in [3.8, 4) is 5.75 Å². The van der Waals surface area contributed by atoms with Crippen LogP contribution in [0, 0.1) is 0 Å². The number of carbonyl (C=O) groups excluding carboxylic acids is 2. The molecular weight excluding hydrogens is 491 g/mol. The van der Waals surface area contributed by atoms with E-state index in [9.17, 15) is 9.59 Å². The van der Waals surface area contributed by atoms with Crippen LogP contribution >= 0.6 is 34.5 Å². The zero-order valence-electron chi connectivity index (χ0n) is 19.1. The van der Waals surface area contributed by atoms with Gasteiger partial charge in [0, 0.05) is 33.6 Å². The Bertz CT molecular complexity index is 1160. The van der Waals surface area contributed by atoms with Crippen molar-refractivity contribution in [3.05, 3.63) is 85.5 Å². The zero-order valence-corrected chi connectivity index (χ0v) is 21.4. The molecule has 3 aromatic rings. The van der Waals surface area contributed by atoms with Crippen LogP contribution in [0.2, 0.25) is 10.0 Å². The molecule has 0 spiro atoms. The highest BCUT2D eigenvalue weighted by atomic mass is 35.5. The summed E-state index contributed by atoms with van der Waals surface area (Å²) in [5.41, 5.74) is 2.54. The molecule has 5 nitrogen and oxygen atoms in total. The third kappa shape index (κ3) is 5.24. The lowest BCUT2D eigenvalue weighted by Gasteiger charge is -2.37. The smallest absolute Gasteiger partial charge is 0.254 e. The summed E-state index contributed by atoms with van der Waals surface area (Å²) in [5, 5.41) is 2.85. The average molecular weight is 517 g/mol. The lowest BCUT2D eigenvalue weighted by atomic mass is 9.93. The Balaban J connectivity index is 1.61. The first-order valence-corrected chi connectivity index (χ1v) is 12.8. The molecule has 2 amide bonds. The van der Waals surface area contributed by atoms with E-state index >= 15 is 0 Å². The van der Waals surface area contributed by atoms with Crippen LogP contribution in [0.3, 0.4) is 0 Å². The number of ether oxygens (including phenoxy) is 1. The first-order valence-electron chi connectivity index (χ1n) is 11.2. The van der Waals surface area contributed by atoms with Crippen molar-refractivity contribution in [1.82, 2.24) is 9.80 Å². The molecular formula is C26H26Cl2N2O3S. The molecule has 0 bridgehead atoms. The van der Waals surface area contributed by atoms with E-state index < -0.39 is 0 Å². The number of hydrogen-bond acceptors (Lipinski definition) is 4. The molecule has 0 saturated carbocycles. The lowest BCUT2D eigenvalue weighted by Crippen LogP contribution is -2.47. The van der Waals surface area contributed by atoms with Gasteiger partial charge in [0.15, 0.2) is 0 Å². The molecule has 0 saturated heterocycles. The van der Waals surface area contributed by atoms with Crippen LogP contribution in [-0.4, -0.2) is 48.4 Å². The summed E-state index contributed by atoms with van der Waals surface area (Å²) in [6, 6.07) is 14.5. The molecule has 1 aliphatic rings. The average Bonchev–Trinajstić information content (AvgIpc) is 3.31. The number of nitrogens with zero attached hydrogens (tertiary/aromatic N) is 2. The van der Waals surface area contributed by atoms with Gasteiger partial charge >= 0.3 is 0 Å². The van der Waals surface area contributed by atoms with Crippen molar-refractivity contribution in [2.24, 2.45) is 0 Å². The van der Waals surface area contributed by atoms with Crippen molar-refractivity contribution in [1.29, 1.82) is 0 Å². The van der Waals surface area contributed by atoms with Gasteiger partial charge in [-0.3, -0.25) is 9.59 Å². The Morgan fingerprint density at radius 3 is 2.47 bits per heavy atom. The molecule has 2 aromatic carbocycles. The van der Waals surface area contributed by atoms with E-state index in [0.717, 1.165) is 29.7 Å². The van der Waals surface area contributed by atoms with E-state index in [1.807, 2.05) is 36.1 Å². The summed E-state index contributed by atoms with van der Waals surface area (Å²) in [7, 11) is 1.63. The fourth-order valence-electron chi connectivity index (χ4n) is 4.37. The minimum absolute atomic E-state index is 0.0110. The van der Waals surface area contributed by atoms with Gasteiger partial charge in [-0.05, 0) is 65.7 Å². The van der Waals surface area contributed by atoms with E-state index in [2.05, 4.69) is 11.4 Å². The second-order valence-electron chi connectivity index (χ2n) is 8.20. The third-order valence-electron chi connectivity index (χ3n) is 5.93. The fraction of sp³-hybridized carbons (Fsp3) is 0.308. The first kappa shape index (κ1) is 24.6. The zero-order chi connectivity index (χ0) is 24.2. The van der Waals surface area contributed by atoms with Crippen LogP contribution in [-0.2, 0) is 11.2 Å². The van der Waals surface area contributed by atoms with Gasteiger partial charge < -0.3 is 14.5 Å². The molecule has 0 radical (unpaired) electrons. The predicted octanol–water partition coefficient (Wildman–Crippen LogP) is 6.09. The number of halogens is 2. The van der Waals surface area contributed by atoms with Crippen LogP contribution in [0.5, 0.6) is 5.75 Å². The number of fused-ring (bicyclic) bond motifs is 1. The van der Waals surface area contributed by atoms with Gasteiger partial charge in [-0.15, -0.1) is 11.3 Å². The summed E-state index contributed by atoms with van der Waals surface area (Å²) in [4.78, 5) is 31.7. The van der Waals surface area contributed by atoms with Gasteiger partial charge in [-0.25, -0.2) is 0 Å². The van der Waals surface area contributed by atoms with Gasteiger partial charge in [-0.1, -0.05) is 42.3 Å². The monoisotopic (exact) mass is 516 g/mol. The summed E-state index contributed by atoms with van der Waals surface area (Å²) in [6.07, 6.45) is 1.53. The van der Waals surface area contributed by atoms with Crippen molar-refractivity contribution in [3.63, 3.8) is 0 Å². The van der Waals surface area contributed by atoms with Crippen molar-refractivity contribution >= 4 is 46.4 Å². The van der Waals surface area contributed by atoms with E-state index in [1.54, 1.807) is 41.5 Å². The topological polar surface area (TPSA) is 49.9 Å². The van der Waals surface area contributed by atoms with Crippen LogP contribution in [0.4, 0.5) is 0 Å². The van der Waals surface area contributed by atoms with Crippen LogP contribution in [0.25, 0.3) is 0 Å². The maximum absolute atomic E-state index is 13.7. The maximum atomic E-state index is 13.7. The molecule has 34 heavy (non-hydrogen) atoms. The van der Waals surface area contributed by atoms with Crippen molar-refractivity contribution in [2.45, 2.75) is 25.8 Å². The number of amides is 2. The number of benzene rings is 2.